The number of rotatable bonds is 19. The molecule has 0 saturated carbocycles. The molecule has 12 nitrogen and oxygen atoms in total. The summed E-state index contributed by atoms with van der Waals surface area (Å²) in [4.78, 5) is 37.0. The van der Waals surface area contributed by atoms with Gasteiger partial charge in [0.15, 0.2) is 0 Å². The molecule has 0 aliphatic rings. The number of alkyl carbamates (subject to hydrolysis) is 1. The van der Waals surface area contributed by atoms with Gasteiger partial charge in [-0.15, -0.1) is 0 Å². The molecule has 1 atom stereocenters. The highest BCUT2D eigenvalue weighted by molar-refractivity contribution is 6.35. The van der Waals surface area contributed by atoms with Gasteiger partial charge >= 0.3 is 12.1 Å². The van der Waals surface area contributed by atoms with E-state index in [1.54, 1.807) is 49.6 Å². The number of hydrogen-bond donors (Lipinski definition) is 4. The summed E-state index contributed by atoms with van der Waals surface area (Å²) in [6.07, 6.45) is -0.520. The SMILES string of the molecule is COCCOCCOCCOC(=O)NCCC(NCc1ccc(-c2cc(Cl)ccc2Cl)o1)C(=O)Nc1ccccc1C(=O)O. The number of carboxylic acids is 1. The van der Waals surface area contributed by atoms with Crippen molar-refractivity contribution >= 4 is 46.9 Å². The van der Waals surface area contributed by atoms with Crippen LogP contribution in [0.15, 0.2) is 59.0 Å². The zero-order chi connectivity index (χ0) is 31.7. The zero-order valence-corrected chi connectivity index (χ0v) is 25.6. The lowest BCUT2D eigenvalue weighted by molar-refractivity contribution is -0.118. The molecular weight excluding hydrogens is 617 g/mol. The summed E-state index contributed by atoms with van der Waals surface area (Å²) in [5, 5.41) is 18.8. The lowest BCUT2D eigenvalue weighted by Gasteiger charge is -2.19. The predicted molar refractivity (Wildman–Crippen MR) is 164 cm³/mol. The number of carbonyl (C=O) groups is 3. The third-order valence-electron chi connectivity index (χ3n) is 6.08. The number of ether oxygens (including phenoxy) is 4. The molecule has 0 saturated heterocycles. The summed E-state index contributed by atoms with van der Waals surface area (Å²) in [5.41, 5.74) is 0.705. The van der Waals surface area contributed by atoms with E-state index in [9.17, 15) is 19.5 Å². The Balaban J connectivity index is 1.54. The third kappa shape index (κ3) is 11.8. The van der Waals surface area contributed by atoms with E-state index in [4.69, 9.17) is 46.6 Å². The lowest BCUT2D eigenvalue weighted by Crippen LogP contribution is -2.43. The van der Waals surface area contributed by atoms with E-state index in [0.717, 1.165) is 0 Å². The Morgan fingerprint density at radius 3 is 2.41 bits per heavy atom. The quantitative estimate of drug-likeness (QED) is 0.132. The van der Waals surface area contributed by atoms with Gasteiger partial charge in [0.25, 0.3) is 0 Å². The number of furan rings is 1. The van der Waals surface area contributed by atoms with Gasteiger partial charge in [0, 0.05) is 24.2 Å². The monoisotopic (exact) mass is 651 g/mol. The fourth-order valence-corrected chi connectivity index (χ4v) is 4.26. The molecule has 0 spiro atoms. The molecule has 14 heteroatoms. The zero-order valence-electron chi connectivity index (χ0n) is 24.1. The van der Waals surface area contributed by atoms with Gasteiger partial charge in [0.2, 0.25) is 5.91 Å². The number of anilines is 1. The highest BCUT2D eigenvalue weighted by atomic mass is 35.5. The van der Waals surface area contributed by atoms with Crippen molar-refractivity contribution in [3.8, 4) is 11.3 Å². The number of carbonyl (C=O) groups excluding carboxylic acids is 2. The second-order valence-electron chi connectivity index (χ2n) is 9.23. The van der Waals surface area contributed by atoms with E-state index in [2.05, 4.69) is 16.0 Å². The Labute approximate surface area is 264 Å². The summed E-state index contributed by atoms with van der Waals surface area (Å²) < 4.78 is 26.5. The Morgan fingerprint density at radius 1 is 0.932 bits per heavy atom. The van der Waals surface area contributed by atoms with Crippen molar-refractivity contribution in [3.05, 3.63) is 76.0 Å². The summed E-state index contributed by atoms with van der Waals surface area (Å²) >= 11 is 12.4. The van der Waals surface area contributed by atoms with Crippen LogP contribution >= 0.6 is 23.2 Å². The summed E-state index contributed by atoms with van der Waals surface area (Å²) in [7, 11) is 1.59. The normalized spacial score (nSPS) is 11.6. The fourth-order valence-electron chi connectivity index (χ4n) is 3.88. The highest BCUT2D eigenvalue weighted by Gasteiger charge is 2.21. The van der Waals surface area contributed by atoms with E-state index in [1.165, 1.54) is 12.1 Å². The molecule has 44 heavy (non-hydrogen) atoms. The number of benzene rings is 2. The van der Waals surface area contributed by atoms with Crippen molar-refractivity contribution in [1.82, 2.24) is 10.6 Å². The minimum atomic E-state index is -1.18. The molecule has 0 fully saturated rings. The molecule has 238 valence electrons. The topological polar surface area (TPSA) is 158 Å². The second-order valence-corrected chi connectivity index (χ2v) is 10.1. The van der Waals surface area contributed by atoms with Crippen LogP contribution < -0.4 is 16.0 Å². The second kappa shape index (κ2) is 18.9. The van der Waals surface area contributed by atoms with Crippen LogP contribution in [-0.4, -0.2) is 82.4 Å². The molecule has 4 N–H and O–H groups in total. The summed E-state index contributed by atoms with van der Waals surface area (Å²) in [6.45, 7) is 2.19. The molecule has 1 aromatic heterocycles. The van der Waals surface area contributed by atoms with E-state index in [0.29, 0.717) is 53.6 Å². The first-order chi connectivity index (χ1) is 21.3. The van der Waals surface area contributed by atoms with Crippen LogP contribution in [0.5, 0.6) is 0 Å². The minimum absolute atomic E-state index is 0.0372. The number of para-hydroxylation sites is 1. The maximum atomic E-state index is 13.2. The van der Waals surface area contributed by atoms with Gasteiger partial charge < -0.3 is 39.1 Å². The van der Waals surface area contributed by atoms with E-state index < -0.39 is 24.0 Å². The Hall–Kier alpha value is -3.65. The van der Waals surface area contributed by atoms with Crippen molar-refractivity contribution < 1.29 is 42.9 Å². The van der Waals surface area contributed by atoms with Gasteiger partial charge in [-0.05, 0) is 48.9 Å². The third-order valence-corrected chi connectivity index (χ3v) is 6.64. The Bertz CT molecular complexity index is 1370. The number of amides is 2. The van der Waals surface area contributed by atoms with Crippen molar-refractivity contribution in [1.29, 1.82) is 0 Å². The van der Waals surface area contributed by atoms with Crippen molar-refractivity contribution in [2.45, 2.75) is 19.0 Å². The van der Waals surface area contributed by atoms with Crippen LogP contribution in [0, 0.1) is 0 Å². The van der Waals surface area contributed by atoms with Crippen molar-refractivity contribution in [2.24, 2.45) is 0 Å². The summed E-state index contributed by atoms with van der Waals surface area (Å²) in [5.74, 6) is -0.672. The highest BCUT2D eigenvalue weighted by Crippen LogP contribution is 2.31. The number of halogens is 2. The molecular formula is C30H35Cl2N3O9. The van der Waals surface area contributed by atoms with Gasteiger partial charge in [-0.1, -0.05) is 35.3 Å². The van der Waals surface area contributed by atoms with Gasteiger partial charge in [0.05, 0.1) is 61.9 Å². The Morgan fingerprint density at radius 2 is 1.66 bits per heavy atom. The molecule has 2 amide bonds. The first-order valence-electron chi connectivity index (χ1n) is 13.7. The maximum absolute atomic E-state index is 13.2. The standard InChI is InChI=1S/C30H35Cl2N3O9/c1-40-12-13-41-14-15-42-16-17-43-30(39)33-11-10-26(28(36)35-25-5-3-2-4-22(25)29(37)38)34-19-21-7-9-27(44-21)23-18-20(31)6-8-24(23)32/h2-9,18,26,34H,10-17,19H2,1H3,(H,33,39)(H,35,36)(H,37,38). The molecule has 3 rings (SSSR count). The first-order valence-corrected chi connectivity index (χ1v) is 14.5. The van der Waals surface area contributed by atoms with Gasteiger partial charge in [-0.3, -0.25) is 10.1 Å². The van der Waals surface area contributed by atoms with E-state index in [1.807, 2.05) is 0 Å². The number of carboxylic acid groups (broad SMARTS) is 1. The van der Waals surface area contributed by atoms with Gasteiger partial charge in [0.1, 0.15) is 18.1 Å². The Kier molecular flexibility index (Phi) is 15.0. The first kappa shape index (κ1) is 34.8. The minimum Gasteiger partial charge on any atom is -0.478 e. The molecule has 1 heterocycles. The van der Waals surface area contributed by atoms with E-state index in [-0.39, 0.29) is 44.0 Å². The van der Waals surface area contributed by atoms with Crippen LogP contribution in [-0.2, 0) is 30.3 Å². The van der Waals surface area contributed by atoms with Gasteiger partial charge in [-0.2, -0.15) is 0 Å². The number of hydrogen-bond acceptors (Lipinski definition) is 9. The van der Waals surface area contributed by atoms with Crippen LogP contribution in [0.25, 0.3) is 11.3 Å². The molecule has 0 aliphatic heterocycles. The molecule has 0 radical (unpaired) electrons. The number of aromatic carboxylic acids is 1. The van der Waals surface area contributed by atoms with Crippen LogP contribution in [0.2, 0.25) is 10.0 Å². The smallest absolute Gasteiger partial charge is 0.407 e. The molecule has 0 bridgehead atoms. The maximum Gasteiger partial charge on any atom is 0.407 e. The summed E-state index contributed by atoms with van der Waals surface area (Å²) in [6, 6.07) is 13.7. The predicted octanol–water partition coefficient (Wildman–Crippen LogP) is 4.84. The largest absolute Gasteiger partial charge is 0.478 e. The molecule has 1 unspecified atom stereocenters. The molecule has 2 aromatic carbocycles. The van der Waals surface area contributed by atoms with Crippen LogP contribution in [0.3, 0.4) is 0 Å². The van der Waals surface area contributed by atoms with Gasteiger partial charge in [-0.25, -0.2) is 9.59 Å². The molecule has 3 aromatic rings. The average Bonchev–Trinajstić information content (AvgIpc) is 3.48. The van der Waals surface area contributed by atoms with Crippen LogP contribution in [0.4, 0.5) is 10.5 Å². The number of nitrogens with one attached hydrogen (secondary N) is 3. The van der Waals surface area contributed by atoms with Crippen molar-refractivity contribution in [2.75, 3.05) is 58.6 Å². The van der Waals surface area contributed by atoms with E-state index >= 15 is 0 Å². The lowest BCUT2D eigenvalue weighted by atomic mass is 10.1. The fraction of sp³-hybridized carbons (Fsp3) is 0.367. The molecule has 0 aliphatic carbocycles. The van der Waals surface area contributed by atoms with Crippen molar-refractivity contribution in [3.63, 3.8) is 0 Å². The number of methoxy groups -OCH3 is 1. The average molecular weight is 653 g/mol. The van der Waals surface area contributed by atoms with Crippen LogP contribution in [0.1, 0.15) is 22.5 Å².